The molecule has 0 spiro atoms. The van der Waals surface area contributed by atoms with Gasteiger partial charge in [-0.3, -0.25) is 4.79 Å². The molecule has 1 aromatic rings. The fourth-order valence-electron chi connectivity index (χ4n) is 1.30. The molecular weight excluding hydrogens is 240 g/mol. The lowest BCUT2D eigenvalue weighted by Crippen LogP contribution is -2.29. The van der Waals surface area contributed by atoms with Gasteiger partial charge in [0, 0.05) is 26.3 Å². The van der Waals surface area contributed by atoms with E-state index in [1.165, 1.54) is 6.20 Å². The van der Waals surface area contributed by atoms with Crippen LogP contribution in [0.3, 0.4) is 0 Å². The Balaban J connectivity index is 2.81. The van der Waals surface area contributed by atoms with Gasteiger partial charge in [0.25, 0.3) is 0 Å². The highest BCUT2D eigenvalue weighted by molar-refractivity contribution is 6.33. The van der Waals surface area contributed by atoms with Crippen molar-refractivity contribution < 1.29 is 4.79 Å². The molecule has 1 amide bonds. The number of carbonyl (C=O) groups is 1. The maximum atomic E-state index is 11.0. The fraction of sp³-hybridized carbons (Fsp3) is 0.455. The van der Waals surface area contributed by atoms with E-state index in [1.807, 2.05) is 26.0 Å². The summed E-state index contributed by atoms with van der Waals surface area (Å²) in [7, 11) is 5.90. The van der Waals surface area contributed by atoms with Gasteiger partial charge in [0.2, 0.25) is 5.91 Å². The van der Waals surface area contributed by atoms with Crippen LogP contribution in [0.4, 0.5) is 5.82 Å². The molecule has 1 rings (SSSR count). The summed E-state index contributed by atoms with van der Waals surface area (Å²) in [4.78, 5) is 19.1. The highest BCUT2D eigenvalue weighted by Gasteiger charge is 2.10. The van der Waals surface area contributed by atoms with Crippen LogP contribution in [0.1, 0.15) is 10.4 Å². The molecule has 0 unspecified atom stereocenters. The molecule has 2 N–H and O–H groups in total. The highest BCUT2D eigenvalue weighted by Crippen LogP contribution is 2.22. The van der Waals surface area contributed by atoms with Crippen molar-refractivity contribution in [3.8, 4) is 0 Å². The minimum atomic E-state index is -0.526. The van der Waals surface area contributed by atoms with Crippen molar-refractivity contribution in [3.05, 3.63) is 22.8 Å². The summed E-state index contributed by atoms with van der Waals surface area (Å²) < 4.78 is 0. The lowest BCUT2D eigenvalue weighted by Gasteiger charge is -2.21. The first-order valence-electron chi connectivity index (χ1n) is 5.23. The Morgan fingerprint density at radius 3 is 2.53 bits per heavy atom. The van der Waals surface area contributed by atoms with Crippen LogP contribution >= 0.6 is 11.6 Å². The minimum Gasteiger partial charge on any atom is -0.366 e. The van der Waals surface area contributed by atoms with Gasteiger partial charge in [-0.15, -0.1) is 0 Å². The third-order valence-electron chi connectivity index (χ3n) is 2.35. The van der Waals surface area contributed by atoms with Crippen LogP contribution in [0.2, 0.25) is 5.02 Å². The van der Waals surface area contributed by atoms with Gasteiger partial charge >= 0.3 is 0 Å². The third kappa shape index (κ3) is 3.87. The zero-order valence-corrected chi connectivity index (χ0v) is 11.0. The second kappa shape index (κ2) is 5.84. The Kier molecular flexibility index (Phi) is 4.72. The number of nitrogens with zero attached hydrogens (tertiary/aromatic N) is 3. The number of halogens is 1. The first-order valence-corrected chi connectivity index (χ1v) is 5.61. The summed E-state index contributed by atoms with van der Waals surface area (Å²) in [6.07, 6.45) is 1.44. The third-order valence-corrected chi connectivity index (χ3v) is 2.63. The maximum absolute atomic E-state index is 11.0. The van der Waals surface area contributed by atoms with Crippen molar-refractivity contribution >= 4 is 23.3 Å². The standard InChI is InChI=1S/C11H17ClN4O/c1-15(2)4-5-16(3)11-9(12)6-8(7-14-11)10(13)17/h6-7H,4-5H2,1-3H3,(H2,13,17). The average Bonchev–Trinajstić information content (AvgIpc) is 2.25. The zero-order valence-electron chi connectivity index (χ0n) is 10.3. The molecule has 5 nitrogen and oxygen atoms in total. The van der Waals surface area contributed by atoms with Crippen LogP contribution in [-0.4, -0.2) is 50.0 Å². The summed E-state index contributed by atoms with van der Waals surface area (Å²) in [6.45, 7) is 1.70. The van der Waals surface area contributed by atoms with Crippen LogP contribution in [-0.2, 0) is 0 Å². The monoisotopic (exact) mass is 256 g/mol. The molecule has 1 heterocycles. The van der Waals surface area contributed by atoms with Gasteiger partial charge in [0.1, 0.15) is 5.82 Å². The molecule has 0 aliphatic heterocycles. The Morgan fingerprint density at radius 1 is 1.41 bits per heavy atom. The molecule has 6 heteroatoms. The van der Waals surface area contributed by atoms with E-state index < -0.39 is 5.91 Å². The smallest absolute Gasteiger partial charge is 0.250 e. The largest absolute Gasteiger partial charge is 0.366 e. The van der Waals surface area contributed by atoms with E-state index in [2.05, 4.69) is 9.88 Å². The first kappa shape index (κ1) is 13.7. The zero-order chi connectivity index (χ0) is 13.0. The summed E-state index contributed by atoms with van der Waals surface area (Å²) in [5.41, 5.74) is 5.47. The highest BCUT2D eigenvalue weighted by atomic mass is 35.5. The molecule has 0 aromatic carbocycles. The van der Waals surface area contributed by atoms with Crippen LogP contribution in [0, 0.1) is 0 Å². The molecule has 0 atom stereocenters. The number of nitrogens with two attached hydrogens (primary N) is 1. The summed E-state index contributed by atoms with van der Waals surface area (Å²) in [6, 6.07) is 1.54. The molecule has 17 heavy (non-hydrogen) atoms. The van der Waals surface area contributed by atoms with Gasteiger partial charge in [0.05, 0.1) is 10.6 Å². The van der Waals surface area contributed by atoms with Crippen molar-refractivity contribution in [2.24, 2.45) is 5.73 Å². The topological polar surface area (TPSA) is 62.5 Å². The van der Waals surface area contributed by atoms with Crippen LogP contribution in [0.15, 0.2) is 12.3 Å². The van der Waals surface area contributed by atoms with Crippen molar-refractivity contribution in [1.82, 2.24) is 9.88 Å². The number of carbonyl (C=O) groups excluding carboxylic acids is 1. The van der Waals surface area contributed by atoms with E-state index in [0.29, 0.717) is 16.4 Å². The Morgan fingerprint density at radius 2 is 2.06 bits per heavy atom. The molecule has 0 bridgehead atoms. The van der Waals surface area contributed by atoms with Gasteiger partial charge in [-0.1, -0.05) is 11.6 Å². The van der Waals surface area contributed by atoms with E-state index in [4.69, 9.17) is 17.3 Å². The van der Waals surface area contributed by atoms with Crippen molar-refractivity contribution in [1.29, 1.82) is 0 Å². The summed E-state index contributed by atoms with van der Waals surface area (Å²) in [5.74, 6) is 0.125. The average molecular weight is 257 g/mol. The van der Waals surface area contributed by atoms with Crippen LogP contribution in [0.5, 0.6) is 0 Å². The van der Waals surface area contributed by atoms with Gasteiger partial charge in [0.15, 0.2) is 0 Å². The van der Waals surface area contributed by atoms with Crippen LogP contribution < -0.4 is 10.6 Å². The van der Waals surface area contributed by atoms with Crippen molar-refractivity contribution in [2.45, 2.75) is 0 Å². The maximum Gasteiger partial charge on any atom is 0.250 e. The number of hydrogen-bond acceptors (Lipinski definition) is 4. The molecule has 0 saturated heterocycles. The summed E-state index contributed by atoms with van der Waals surface area (Å²) >= 11 is 6.06. The lowest BCUT2D eigenvalue weighted by molar-refractivity contribution is 0.1000. The van der Waals surface area contributed by atoms with E-state index in [-0.39, 0.29) is 0 Å². The van der Waals surface area contributed by atoms with Gasteiger partial charge in [-0.05, 0) is 20.2 Å². The SMILES string of the molecule is CN(C)CCN(C)c1ncc(C(N)=O)cc1Cl. The second-order valence-electron chi connectivity index (χ2n) is 4.12. The second-order valence-corrected chi connectivity index (χ2v) is 4.53. The number of anilines is 1. The lowest BCUT2D eigenvalue weighted by atomic mass is 10.2. The van der Waals surface area contributed by atoms with Gasteiger partial charge in [-0.2, -0.15) is 0 Å². The van der Waals surface area contributed by atoms with E-state index in [1.54, 1.807) is 6.07 Å². The minimum absolute atomic E-state index is 0.319. The van der Waals surface area contributed by atoms with Gasteiger partial charge < -0.3 is 15.5 Å². The molecule has 0 aliphatic rings. The van der Waals surface area contributed by atoms with E-state index >= 15 is 0 Å². The number of likely N-dealkylation sites (N-methyl/N-ethyl adjacent to an activating group) is 2. The Labute approximate surface area is 106 Å². The molecule has 0 radical (unpaired) electrons. The van der Waals surface area contributed by atoms with Crippen molar-refractivity contribution in [3.63, 3.8) is 0 Å². The predicted octanol–water partition coefficient (Wildman–Crippen LogP) is 0.832. The molecule has 1 aromatic heterocycles. The number of hydrogen-bond donors (Lipinski definition) is 1. The molecule has 0 fully saturated rings. The Bertz CT molecular complexity index is 408. The van der Waals surface area contributed by atoms with Gasteiger partial charge in [-0.25, -0.2) is 4.98 Å². The number of rotatable bonds is 5. The first-order chi connectivity index (χ1) is 7.91. The van der Waals surface area contributed by atoms with Crippen molar-refractivity contribution in [2.75, 3.05) is 39.1 Å². The van der Waals surface area contributed by atoms with E-state index in [0.717, 1.165) is 13.1 Å². The molecule has 0 saturated carbocycles. The molecule has 0 aliphatic carbocycles. The quantitative estimate of drug-likeness (QED) is 0.848. The van der Waals surface area contributed by atoms with Crippen LogP contribution in [0.25, 0.3) is 0 Å². The summed E-state index contributed by atoms with van der Waals surface area (Å²) in [5, 5.41) is 0.433. The number of primary amides is 1. The normalized spacial score (nSPS) is 10.6. The predicted molar refractivity (Wildman–Crippen MR) is 69.6 cm³/mol. The Hall–Kier alpha value is -1.33. The molecular formula is C11H17ClN4O. The van der Waals surface area contributed by atoms with E-state index in [9.17, 15) is 4.79 Å². The number of pyridine rings is 1. The number of aromatic nitrogens is 1. The molecule has 94 valence electrons. The fourth-order valence-corrected chi connectivity index (χ4v) is 1.61. The number of amides is 1.